The second-order valence-corrected chi connectivity index (χ2v) is 8.20. The Morgan fingerprint density at radius 3 is 2.72 bits per heavy atom. The summed E-state index contributed by atoms with van der Waals surface area (Å²) in [7, 11) is 0. The van der Waals surface area contributed by atoms with Crippen LogP contribution in [0.25, 0.3) is 12.0 Å². The zero-order chi connectivity index (χ0) is 22.2. The lowest BCUT2D eigenvalue weighted by atomic mass is 10.1. The summed E-state index contributed by atoms with van der Waals surface area (Å²) < 4.78 is 3.70. The first-order chi connectivity index (χ1) is 15.5. The average molecular weight is 465 g/mol. The third-order valence-electron chi connectivity index (χ3n) is 5.43. The van der Waals surface area contributed by atoms with E-state index in [1.54, 1.807) is 40.2 Å². The Morgan fingerprint density at radius 2 is 1.91 bits per heavy atom. The first kappa shape index (κ1) is 20.5. The van der Waals surface area contributed by atoms with Gasteiger partial charge in [-0.2, -0.15) is 4.68 Å². The molecule has 0 aliphatic carbocycles. The highest BCUT2D eigenvalue weighted by atomic mass is 35.5. The van der Waals surface area contributed by atoms with E-state index in [1.165, 1.54) is 0 Å². The number of fused-ring (bicyclic) bond motifs is 1. The van der Waals surface area contributed by atoms with Gasteiger partial charge in [-0.25, -0.2) is 4.98 Å². The number of halogens is 2. The molecule has 0 spiro atoms. The number of hydrogen-bond donors (Lipinski definition) is 0. The van der Waals surface area contributed by atoms with Gasteiger partial charge in [0, 0.05) is 18.6 Å². The SMILES string of the molecule is CC1c2nnn(-c3nccn3Cc3ccccc3)c2C=CN1C(=O)c1cccc(Cl)c1Cl. The Hall–Kier alpha value is -3.42. The normalized spacial score (nSPS) is 15.1. The Kier molecular flexibility index (Phi) is 5.28. The molecule has 5 rings (SSSR count). The molecule has 9 heteroatoms. The molecule has 160 valence electrons. The number of imidazole rings is 1. The van der Waals surface area contributed by atoms with Crippen LogP contribution < -0.4 is 0 Å². The third kappa shape index (κ3) is 3.49. The van der Waals surface area contributed by atoms with Gasteiger partial charge in [0.15, 0.2) is 0 Å². The van der Waals surface area contributed by atoms with Crippen molar-refractivity contribution in [2.75, 3.05) is 0 Å². The van der Waals surface area contributed by atoms with E-state index in [4.69, 9.17) is 23.2 Å². The lowest BCUT2D eigenvalue weighted by Gasteiger charge is -2.28. The summed E-state index contributed by atoms with van der Waals surface area (Å²) in [5, 5.41) is 9.27. The van der Waals surface area contributed by atoms with Gasteiger partial charge in [0.1, 0.15) is 5.69 Å². The highest BCUT2D eigenvalue weighted by Crippen LogP contribution is 2.33. The number of hydrogen-bond acceptors (Lipinski definition) is 4. The highest BCUT2D eigenvalue weighted by Gasteiger charge is 2.31. The largest absolute Gasteiger partial charge is 0.311 e. The molecule has 1 aliphatic heterocycles. The lowest BCUT2D eigenvalue weighted by Crippen LogP contribution is -2.31. The maximum Gasteiger partial charge on any atom is 0.259 e. The number of rotatable bonds is 4. The van der Waals surface area contributed by atoms with E-state index in [9.17, 15) is 4.79 Å². The van der Waals surface area contributed by atoms with Crippen LogP contribution in [-0.2, 0) is 6.54 Å². The van der Waals surface area contributed by atoms with E-state index in [1.807, 2.05) is 42.0 Å². The number of aromatic nitrogens is 5. The quantitative estimate of drug-likeness (QED) is 0.425. The number of amides is 1. The third-order valence-corrected chi connectivity index (χ3v) is 6.25. The second kappa shape index (κ2) is 8.26. The Balaban J connectivity index is 1.46. The van der Waals surface area contributed by atoms with Crippen molar-refractivity contribution < 1.29 is 4.79 Å². The van der Waals surface area contributed by atoms with Crippen molar-refractivity contribution in [1.29, 1.82) is 0 Å². The van der Waals surface area contributed by atoms with Gasteiger partial charge in [-0.3, -0.25) is 4.79 Å². The van der Waals surface area contributed by atoms with Crippen LogP contribution in [0.1, 0.15) is 40.3 Å². The molecular weight excluding hydrogens is 447 g/mol. The summed E-state index contributed by atoms with van der Waals surface area (Å²) in [6.07, 6.45) is 7.17. The van der Waals surface area contributed by atoms with E-state index in [2.05, 4.69) is 27.4 Å². The molecular formula is C23H18Cl2N6O. The van der Waals surface area contributed by atoms with E-state index in [-0.39, 0.29) is 17.0 Å². The van der Waals surface area contributed by atoms with Crippen molar-refractivity contribution in [2.24, 2.45) is 0 Å². The van der Waals surface area contributed by atoms with Crippen molar-refractivity contribution in [2.45, 2.75) is 19.5 Å². The van der Waals surface area contributed by atoms with E-state index < -0.39 is 0 Å². The van der Waals surface area contributed by atoms with Gasteiger partial charge in [-0.15, -0.1) is 5.10 Å². The molecule has 1 amide bonds. The van der Waals surface area contributed by atoms with Crippen LogP contribution in [-0.4, -0.2) is 35.4 Å². The molecule has 0 saturated carbocycles. The first-order valence-corrected chi connectivity index (χ1v) is 10.8. The van der Waals surface area contributed by atoms with Gasteiger partial charge in [-0.05, 0) is 30.7 Å². The van der Waals surface area contributed by atoms with Crippen molar-refractivity contribution >= 4 is 35.2 Å². The van der Waals surface area contributed by atoms with Crippen LogP contribution in [0, 0.1) is 0 Å². The molecule has 32 heavy (non-hydrogen) atoms. The fourth-order valence-electron chi connectivity index (χ4n) is 3.77. The molecule has 2 aromatic heterocycles. The average Bonchev–Trinajstić information content (AvgIpc) is 3.43. The lowest BCUT2D eigenvalue weighted by molar-refractivity contribution is 0.0774. The summed E-state index contributed by atoms with van der Waals surface area (Å²) in [5.74, 6) is 0.393. The maximum atomic E-state index is 13.1. The fraction of sp³-hybridized carbons (Fsp3) is 0.130. The summed E-state index contributed by atoms with van der Waals surface area (Å²) >= 11 is 12.4. The van der Waals surface area contributed by atoms with E-state index >= 15 is 0 Å². The Labute approximate surface area is 194 Å². The van der Waals surface area contributed by atoms with Gasteiger partial charge < -0.3 is 9.47 Å². The van der Waals surface area contributed by atoms with Gasteiger partial charge in [0.2, 0.25) is 5.95 Å². The molecule has 1 aliphatic rings. The molecule has 1 atom stereocenters. The Morgan fingerprint density at radius 1 is 1.09 bits per heavy atom. The van der Waals surface area contributed by atoms with E-state index in [0.717, 1.165) is 11.3 Å². The minimum absolute atomic E-state index is 0.233. The molecule has 0 radical (unpaired) electrons. The van der Waals surface area contributed by atoms with Gasteiger partial charge >= 0.3 is 0 Å². The first-order valence-electron chi connectivity index (χ1n) is 10.0. The standard InChI is InChI=1S/C23H18Cl2N6O/c1-15-21-19(10-12-30(15)22(32)17-8-5-9-18(24)20(17)25)31(28-27-21)23-26-11-13-29(23)14-16-6-3-2-4-7-16/h2-13,15H,14H2,1H3. The van der Waals surface area contributed by atoms with Crippen molar-refractivity contribution in [3.8, 4) is 5.95 Å². The monoisotopic (exact) mass is 464 g/mol. The molecule has 0 fully saturated rings. The molecule has 3 heterocycles. The predicted octanol–water partition coefficient (Wildman–Crippen LogP) is 5.01. The van der Waals surface area contributed by atoms with Crippen LogP contribution in [0.3, 0.4) is 0 Å². The number of carbonyl (C=O) groups excluding carboxylic acids is 1. The smallest absolute Gasteiger partial charge is 0.259 e. The van der Waals surface area contributed by atoms with Gasteiger partial charge in [0.25, 0.3) is 5.91 Å². The minimum Gasteiger partial charge on any atom is -0.311 e. The van der Waals surface area contributed by atoms with E-state index in [0.29, 0.717) is 28.8 Å². The topological polar surface area (TPSA) is 68.8 Å². The summed E-state index contributed by atoms with van der Waals surface area (Å²) in [5.41, 5.74) is 2.94. The van der Waals surface area contributed by atoms with Crippen LogP contribution >= 0.6 is 23.2 Å². The molecule has 4 aromatic rings. The zero-order valence-corrected chi connectivity index (χ0v) is 18.6. The van der Waals surface area contributed by atoms with Gasteiger partial charge in [0.05, 0.1) is 33.9 Å². The van der Waals surface area contributed by atoms with Crippen molar-refractivity contribution in [3.05, 3.63) is 99.7 Å². The maximum absolute atomic E-state index is 13.1. The summed E-state index contributed by atoms with van der Waals surface area (Å²) in [4.78, 5) is 19.2. The molecule has 0 bridgehead atoms. The van der Waals surface area contributed by atoms with Gasteiger partial charge in [-0.1, -0.05) is 64.8 Å². The summed E-state index contributed by atoms with van der Waals surface area (Å²) in [6.45, 7) is 2.55. The van der Waals surface area contributed by atoms with Crippen molar-refractivity contribution in [3.63, 3.8) is 0 Å². The molecule has 2 aromatic carbocycles. The fourth-order valence-corrected chi connectivity index (χ4v) is 4.15. The number of benzene rings is 2. The molecule has 7 nitrogen and oxygen atoms in total. The minimum atomic E-state index is -0.344. The second-order valence-electron chi connectivity index (χ2n) is 7.42. The molecule has 1 unspecified atom stereocenters. The number of carbonyl (C=O) groups is 1. The van der Waals surface area contributed by atoms with Crippen molar-refractivity contribution in [1.82, 2.24) is 29.4 Å². The predicted molar refractivity (Wildman–Crippen MR) is 123 cm³/mol. The molecule has 0 saturated heterocycles. The summed E-state index contributed by atoms with van der Waals surface area (Å²) in [6, 6.07) is 14.8. The molecule has 0 N–H and O–H groups in total. The zero-order valence-electron chi connectivity index (χ0n) is 17.1. The van der Waals surface area contributed by atoms with Crippen LogP contribution in [0.2, 0.25) is 10.0 Å². The van der Waals surface area contributed by atoms with Crippen LogP contribution in [0.15, 0.2) is 67.1 Å². The highest BCUT2D eigenvalue weighted by molar-refractivity contribution is 6.43. The van der Waals surface area contributed by atoms with Crippen LogP contribution in [0.4, 0.5) is 0 Å². The number of nitrogens with zero attached hydrogens (tertiary/aromatic N) is 6. The van der Waals surface area contributed by atoms with Crippen LogP contribution in [0.5, 0.6) is 0 Å². The Bertz CT molecular complexity index is 1330.